The fourth-order valence-electron chi connectivity index (χ4n) is 3.35. The van der Waals surface area contributed by atoms with Crippen molar-refractivity contribution in [1.82, 2.24) is 14.7 Å². The van der Waals surface area contributed by atoms with E-state index in [4.69, 9.17) is 9.26 Å². The largest absolute Gasteiger partial charge is 0.469 e. The molecule has 0 radical (unpaired) electrons. The predicted molar refractivity (Wildman–Crippen MR) is 109 cm³/mol. The van der Waals surface area contributed by atoms with Gasteiger partial charge in [-0.25, -0.2) is 4.98 Å². The lowest BCUT2D eigenvalue weighted by Gasteiger charge is -2.04. The first-order valence-electron chi connectivity index (χ1n) is 9.77. The Morgan fingerprint density at radius 2 is 2.03 bits per heavy atom. The summed E-state index contributed by atoms with van der Waals surface area (Å²) in [6, 6.07) is 7.89. The van der Waals surface area contributed by atoms with Gasteiger partial charge in [0.2, 0.25) is 5.76 Å². The molecule has 1 aliphatic carbocycles. The van der Waals surface area contributed by atoms with Crippen LogP contribution in [-0.4, -0.2) is 27.8 Å². The van der Waals surface area contributed by atoms with Gasteiger partial charge in [0.1, 0.15) is 11.5 Å². The number of benzene rings is 1. The highest BCUT2D eigenvalue weighted by Crippen LogP contribution is 2.28. The summed E-state index contributed by atoms with van der Waals surface area (Å²) < 4.78 is 12.2. The van der Waals surface area contributed by atoms with Gasteiger partial charge in [0, 0.05) is 24.0 Å². The smallest absolute Gasteiger partial charge is 0.309 e. The standard InChI is InChI=1S/C21H19N3O3.C2H6/c1-14-22-7-8-24(14)13-19-12-20(27-23-19)6-4-15-3-5-16-10-18(21(25)26-2)11-17(16)9-15;1-2/h3,5,7-9,12,18H,10-11,13H2,1-2H3;1-2H3. The lowest BCUT2D eigenvalue weighted by molar-refractivity contribution is -0.145. The summed E-state index contributed by atoms with van der Waals surface area (Å²) in [5.41, 5.74) is 4.04. The number of nitrogens with zero attached hydrogens (tertiary/aromatic N) is 3. The third kappa shape index (κ3) is 4.75. The van der Waals surface area contributed by atoms with Crippen molar-refractivity contribution in [2.45, 2.75) is 40.2 Å². The molecule has 2 heterocycles. The molecule has 0 saturated heterocycles. The fourth-order valence-corrected chi connectivity index (χ4v) is 3.35. The number of fused-ring (bicyclic) bond motifs is 1. The van der Waals surface area contributed by atoms with E-state index in [0.29, 0.717) is 18.7 Å². The fraction of sp³-hybridized carbons (Fsp3) is 0.348. The van der Waals surface area contributed by atoms with Crippen molar-refractivity contribution in [2.24, 2.45) is 5.92 Å². The van der Waals surface area contributed by atoms with E-state index in [2.05, 4.69) is 22.0 Å². The van der Waals surface area contributed by atoms with Crippen LogP contribution in [0.25, 0.3) is 0 Å². The van der Waals surface area contributed by atoms with E-state index in [0.717, 1.165) is 29.1 Å². The van der Waals surface area contributed by atoms with E-state index in [9.17, 15) is 4.79 Å². The van der Waals surface area contributed by atoms with E-state index in [1.165, 1.54) is 12.7 Å². The Kier molecular flexibility index (Phi) is 6.50. The molecule has 2 aromatic heterocycles. The number of aryl methyl sites for hydroxylation is 1. The minimum Gasteiger partial charge on any atom is -0.469 e. The topological polar surface area (TPSA) is 70.2 Å². The normalized spacial score (nSPS) is 14.3. The maximum atomic E-state index is 11.7. The van der Waals surface area contributed by atoms with Gasteiger partial charge in [0.05, 0.1) is 19.6 Å². The van der Waals surface area contributed by atoms with Gasteiger partial charge >= 0.3 is 5.97 Å². The van der Waals surface area contributed by atoms with Gasteiger partial charge in [-0.2, -0.15) is 0 Å². The number of esters is 1. The van der Waals surface area contributed by atoms with Gasteiger partial charge in [-0.05, 0) is 48.9 Å². The first-order valence-corrected chi connectivity index (χ1v) is 9.77. The van der Waals surface area contributed by atoms with E-state index in [1.807, 2.05) is 55.8 Å². The number of carbonyl (C=O) groups is 1. The van der Waals surface area contributed by atoms with Crippen LogP contribution >= 0.6 is 0 Å². The molecule has 0 N–H and O–H groups in total. The molecule has 1 unspecified atom stereocenters. The third-order valence-electron chi connectivity index (χ3n) is 4.82. The van der Waals surface area contributed by atoms with Gasteiger partial charge in [-0.15, -0.1) is 0 Å². The summed E-state index contributed by atoms with van der Waals surface area (Å²) in [5.74, 6) is 7.34. The zero-order valence-electron chi connectivity index (χ0n) is 17.2. The molecule has 0 bridgehead atoms. The molecule has 6 nitrogen and oxygen atoms in total. The minimum absolute atomic E-state index is 0.0864. The second kappa shape index (κ2) is 9.24. The molecule has 6 heteroatoms. The molecular formula is C23H25N3O3. The Balaban J connectivity index is 0.00000117. The monoisotopic (exact) mass is 391 g/mol. The number of imidazole rings is 1. The summed E-state index contributed by atoms with van der Waals surface area (Å²) in [6.07, 6.45) is 5.10. The van der Waals surface area contributed by atoms with Crippen LogP contribution in [0, 0.1) is 24.7 Å². The van der Waals surface area contributed by atoms with E-state index < -0.39 is 0 Å². The van der Waals surface area contributed by atoms with E-state index in [1.54, 1.807) is 6.20 Å². The second-order valence-electron chi connectivity index (χ2n) is 6.65. The van der Waals surface area contributed by atoms with E-state index in [-0.39, 0.29) is 11.9 Å². The maximum Gasteiger partial charge on any atom is 0.309 e. The highest BCUT2D eigenvalue weighted by molar-refractivity contribution is 5.74. The van der Waals surface area contributed by atoms with Gasteiger partial charge in [0.15, 0.2) is 0 Å². The average Bonchev–Trinajstić information content (AvgIpc) is 3.47. The van der Waals surface area contributed by atoms with Crippen LogP contribution in [-0.2, 0) is 28.9 Å². The number of hydrogen-bond donors (Lipinski definition) is 0. The molecule has 1 aromatic carbocycles. The summed E-state index contributed by atoms with van der Waals surface area (Å²) in [5, 5.41) is 4.06. The molecule has 1 aliphatic rings. The lowest BCUT2D eigenvalue weighted by Crippen LogP contribution is -2.15. The maximum absolute atomic E-state index is 11.7. The van der Waals surface area contributed by atoms with Crippen molar-refractivity contribution < 1.29 is 14.1 Å². The molecule has 29 heavy (non-hydrogen) atoms. The van der Waals surface area contributed by atoms with Crippen molar-refractivity contribution in [3.63, 3.8) is 0 Å². The number of carbonyl (C=O) groups excluding carboxylic acids is 1. The third-order valence-corrected chi connectivity index (χ3v) is 4.82. The summed E-state index contributed by atoms with van der Waals surface area (Å²) >= 11 is 0. The zero-order chi connectivity index (χ0) is 20.8. The number of ether oxygens (including phenoxy) is 1. The van der Waals surface area contributed by atoms with Crippen molar-refractivity contribution in [2.75, 3.05) is 7.11 Å². The van der Waals surface area contributed by atoms with Gasteiger partial charge < -0.3 is 13.8 Å². The first kappa shape index (κ1) is 20.4. The van der Waals surface area contributed by atoms with Crippen LogP contribution in [0.2, 0.25) is 0 Å². The molecule has 0 amide bonds. The molecular weight excluding hydrogens is 366 g/mol. The summed E-state index contributed by atoms with van der Waals surface area (Å²) in [4.78, 5) is 15.9. The van der Waals surface area contributed by atoms with Crippen LogP contribution in [0.3, 0.4) is 0 Å². The van der Waals surface area contributed by atoms with Crippen LogP contribution < -0.4 is 0 Å². The Hall–Kier alpha value is -3.33. The lowest BCUT2D eigenvalue weighted by atomic mass is 10.1. The van der Waals surface area contributed by atoms with Crippen molar-refractivity contribution in [3.05, 3.63) is 70.6 Å². The van der Waals surface area contributed by atoms with Crippen LogP contribution in [0.1, 0.15) is 47.8 Å². The van der Waals surface area contributed by atoms with E-state index >= 15 is 0 Å². The molecule has 0 aliphatic heterocycles. The van der Waals surface area contributed by atoms with Gasteiger partial charge in [-0.3, -0.25) is 4.79 Å². The Bertz CT molecular complexity index is 1050. The second-order valence-corrected chi connectivity index (χ2v) is 6.65. The minimum atomic E-state index is -0.152. The van der Waals surface area contributed by atoms with Crippen LogP contribution in [0.4, 0.5) is 0 Å². The molecule has 4 rings (SSSR count). The number of methoxy groups -OCH3 is 1. The quantitative estimate of drug-likeness (QED) is 0.504. The predicted octanol–water partition coefficient (Wildman–Crippen LogP) is 3.54. The Morgan fingerprint density at radius 1 is 1.24 bits per heavy atom. The average molecular weight is 391 g/mol. The van der Waals surface area contributed by atoms with Crippen LogP contribution in [0.15, 0.2) is 41.2 Å². The highest BCUT2D eigenvalue weighted by Gasteiger charge is 2.28. The molecule has 3 aromatic rings. The van der Waals surface area contributed by atoms with Gasteiger partial charge in [0.25, 0.3) is 0 Å². The number of hydrogen-bond acceptors (Lipinski definition) is 5. The molecule has 0 spiro atoms. The zero-order valence-corrected chi connectivity index (χ0v) is 17.2. The molecule has 0 saturated carbocycles. The molecule has 0 fully saturated rings. The summed E-state index contributed by atoms with van der Waals surface area (Å²) in [6.45, 7) is 6.55. The van der Waals surface area contributed by atoms with Crippen molar-refractivity contribution >= 4 is 5.97 Å². The summed E-state index contributed by atoms with van der Waals surface area (Å²) in [7, 11) is 1.43. The molecule has 1 atom stereocenters. The van der Waals surface area contributed by atoms with Gasteiger partial charge in [-0.1, -0.05) is 31.0 Å². The Morgan fingerprint density at radius 3 is 2.76 bits per heavy atom. The first-order chi connectivity index (χ1) is 14.1. The highest BCUT2D eigenvalue weighted by atomic mass is 16.5. The molecule has 150 valence electrons. The van der Waals surface area contributed by atoms with Crippen molar-refractivity contribution in [3.8, 4) is 11.8 Å². The van der Waals surface area contributed by atoms with Crippen LogP contribution in [0.5, 0.6) is 0 Å². The SMILES string of the molecule is CC.COC(=O)C1Cc2ccc(C#Cc3cc(Cn4ccnc4C)no3)cc2C1. The number of rotatable bonds is 3. The van der Waals surface area contributed by atoms with Crippen molar-refractivity contribution in [1.29, 1.82) is 0 Å². The Labute approximate surface area is 170 Å². The number of aromatic nitrogens is 3.